The summed E-state index contributed by atoms with van der Waals surface area (Å²) < 4.78 is 13.5. The average Bonchev–Trinajstić information content (AvgIpc) is 2.85. The Bertz CT molecular complexity index is 997. The zero-order valence-electron chi connectivity index (χ0n) is 13.9. The van der Waals surface area contributed by atoms with Crippen molar-refractivity contribution in [3.05, 3.63) is 89.7 Å². The maximum atomic E-state index is 13.5. The van der Waals surface area contributed by atoms with Crippen LogP contribution in [0, 0.1) is 11.7 Å². The molecule has 2 heterocycles. The van der Waals surface area contributed by atoms with Gasteiger partial charge in [0.05, 0.1) is 11.4 Å². The van der Waals surface area contributed by atoms with Gasteiger partial charge < -0.3 is 0 Å². The number of rotatable bonds is 1. The first-order valence-electron chi connectivity index (χ1n) is 8.61. The molecule has 0 radical (unpaired) electrons. The van der Waals surface area contributed by atoms with E-state index in [1.54, 1.807) is 12.1 Å². The SMILES string of the molecule is Fc1ccc([C@@H]2Sc3ccccc3N=C3c4ccccc4SC[C@H]32)cc1. The lowest BCUT2D eigenvalue weighted by molar-refractivity contribution is 0.626. The van der Waals surface area contributed by atoms with Crippen LogP contribution in [0.1, 0.15) is 16.4 Å². The van der Waals surface area contributed by atoms with E-state index in [0.717, 1.165) is 22.7 Å². The molecule has 26 heavy (non-hydrogen) atoms. The summed E-state index contributed by atoms with van der Waals surface area (Å²) in [5, 5.41) is 0.221. The van der Waals surface area contributed by atoms with Crippen molar-refractivity contribution < 1.29 is 4.39 Å². The standard InChI is InChI=1S/C22H16FNS2/c23-15-11-9-14(10-12-15)22-17-13-25-19-7-3-1-5-16(19)21(17)24-18-6-2-4-8-20(18)26-22/h1-12,17,22H,13H2/t17-,22+/m1/s1. The van der Waals surface area contributed by atoms with E-state index in [1.807, 2.05) is 41.7 Å². The van der Waals surface area contributed by atoms with Crippen molar-refractivity contribution in [3.8, 4) is 0 Å². The number of benzene rings is 3. The van der Waals surface area contributed by atoms with Crippen LogP contribution in [0.4, 0.5) is 10.1 Å². The summed E-state index contributed by atoms with van der Waals surface area (Å²) in [6.07, 6.45) is 0. The number of nitrogens with zero attached hydrogens (tertiary/aromatic N) is 1. The van der Waals surface area contributed by atoms with E-state index in [-0.39, 0.29) is 17.0 Å². The first-order valence-corrected chi connectivity index (χ1v) is 10.5. The van der Waals surface area contributed by atoms with E-state index < -0.39 is 0 Å². The highest BCUT2D eigenvalue weighted by Gasteiger charge is 2.36. The van der Waals surface area contributed by atoms with Gasteiger partial charge in [-0.15, -0.1) is 23.5 Å². The number of hydrogen-bond acceptors (Lipinski definition) is 3. The van der Waals surface area contributed by atoms with Gasteiger partial charge in [-0.3, -0.25) is 4.99 Å². The van der Waals surface area contributed by atoms with Gasteiger partial charge in [-0.2, -0.15) is 0 Å². The van der Waals surface area contributed by atoms with Gasteiger partial charge in [-0.25, -0.2) is 4.39 Å². The number of para-hydroxylation sites is 1. The third-order valence-corrected chi connectivity index (χ3v) is 7.50. The van der Waals surface area contributed by atoms with Gasteiger partial charge in [0, 0.05) is 32.3 Å². The Labute approximate surface area is 160 Å². The Hall–Kier alpha value is -2.04. The third kappa shape index (κ3) is 2.78. The number of hydrogen-bond donors (Lipinski definition) is 0. The van der Waals surface area contributed by atoms with Crippen LogP contribution >= 0.6 is 23.5 Å². The molecular weight excluding hydrogens is 361 g/mol. The second-order valence-corrected chi connectivity index (χ2v) is 8.71. The lowest BCUT2D eigenvalue weighted by Crippen LogP contribution is -2.27. The smallest absolute Gasteiger partial charge is 0.123 e. The first-order chi connectivity index (χ1) is 12.8. The highest BCUT2D eigenvalue weighted by atomic mass is 32.2. The Balaban J connectivity index is 1.70. The number of fused-ring (bicyclic) bond motifs is 4. The van der Waals surface area contributed by atoms with Crippen LogP contribution in [-0.2, 0) is 0 Å². The molecule has 0 saturated carbocycles. The highest BCUT2D eigenvalue weighted by Crippen LogP contribution is 2.51. The van der Waals surface area contributed by atoms with Gasteiger partial charge in [-0.1, -0.05) is 42.5 Å². The second kappa shape index (κ2) is 6.60. The van der Waals surface area contributed by atoms with Crippen LogP contribution in [0.2, 0.25) is 0 Å². The lowest BCUT2D eigenvalue weighted by Gasteiger charge is -2.31. The summed E-state index contributed by atoms with van der Waals surface area (Å²) in [5.74, 6) is 1.08. The van der Waals surface area contributed by atoms with Crippen molar-refractivity contribution in [2.24, 2.45) is 10.9 Å². The second-order valence-electron chi connectivity index (χ2n) is 6.47. The minimum Gasteiger partial charge on any atom is -0.251 e. The topological polar surface area (TPSA) is 12.4 Å². The fourth-order valence-electron chi connectivity index (χ4n) is 3.59. The average molecular weight is 378 g/mol. The van der Waals surface area contributed by atoms with Crippen molar-refractivity contribution >= 4 is 34.9 Å². The van der Waals surface area contributed by atoms with Crippen LogP contribution in [0.25, 0.3) is 0 Å². The maximum absolute atomic E-state index is 13.5. The van der Waals surface area contributed by atoms with Gasteiger partial charge in [0.25, 0.3) is 0 Å². The molecule has 0 amide bonds. The van der Waals surface area contributed by atoms with Crippen LogP contribution in [0.3, 0.4) is 0 Å². The van der Waals surface area contributed by atoms with Gasteiger partial charge in [-0.05, 0) is 35.9 Å². The Morgan fingerprint density at radius 2 is 1.58 bits per heavy atom. The van der Waals surface area contributed by atoms with E-state index in [1.165, 1.54) is 15.4 Å². The molecule has 0 spiro atoms. The summed E-state index contributed by atoms with van der Waals surface area (Å²) in [4.78, 5) is 7.59. The molecule has 2 aliphatic rings. The van der Waals surface area contributed by atoms with E-state index in [9.17, 15) is 4.39 Å². The molecule has 128 valence electrons. The Morgan fingerprint density at radius 3 is 2.42 bits per heavy atom. The minimum absolute atomic E-state index is 0.190. The predicted molar refractivity (Wildman–Crippen MR) is 108 cm³/mol. The van der Waals surface area contributed by atoms with Crippen LogP contribution in [0.15, 0.2) is 87.6 Å². The van der Waals surface area contributed by atoms with Gasteiger partial charge in [0.1, 0.15) is 5.82 Å². The summed E-state index contributed by atoms with van der Waals surface area (Å²) in [6, 6.07) is 23.8. The largest absolute Gasteiger partial charge is 0.251 e. The number of halogens is 1. The molecule has 1 nitrogen and oxygen atoms in total. The molecule has 2 atom stereocenters. The fourth-order valence-corrected chi connectivity index (χ4v) is 6.27. The number of aliphatic imine (C=N–C) groups is 1. The van der Waals surface area contributed by atoms with Crippen molar-refractivity contribution in [1.82, 2.24) is 0 Å². The molecule has 0 N–H and O–H groups in total. The summed E-state index contributed by atoms with van der Waals surface area (Å²) in [6.45, 7) is 0. The first kappa shape index (κ1) is 16.2. The molecule has 2 aliphatic heterocycles. The van der Waals surface area contributed by atoms with Crippen molar-refractivity contribution in [2.75, 3.05) is 5.75 Å². The highest BCUT2D eigenvalue weighted by molar-refractivity contribution is 8.00. The van der Waals surface area contributed by atoms with Gasteiger partial charge >= 0.3 is 0 Å². The minimum atomic E-state index is -0.190. The summed E-state index contributed by atoms with van der Waals surface area (Å²) >= 11 is 3.74. The quantitative estimate of drug-likeness (QED) is 0.479. The molecule has 4 heteroatoms. The molecule has 0 saturated heterocycles. The Morgan fingerprint density at radius 1 is 0.846 bits per heavy atom. The van der Waals surface area contributed by atoms with Crippen LogP contribution in [0.5, 0.6) is 0 Å². The summed E-state index contributed by atoms with van der Waals surface area (Å²) in [7, 11) is 0. The normalized spacial score (nSPS) is 21.0. The van der Waals surface area contributed by atoms with Crippen LogP contribution in [-0.4, -0.2) is 11.5 Å². The fraction of sp³-hybridized carbons (Fsp3) is 0.136. The summed E-state index contributed by atoms with van der Waals surface area (Å²) in [5.41, 5.74) is 4.58. The molecule has 3 aromatic rings. The van der Waals surface area contributed by atoms with Crippen molar-refractivity contribution in [3.63, 3.8) is 0 Å². The molecule has 0 unspecified atom stereocenters. The number of thioether (sulfide) groups is 2. The van der Waals surface area contributed by atoms with E-state index in [4.69, 9.17) is 4.99 Å². The Kier molecular flexibility index (Phi) is 4.10. The van der Waals surface area contributed by atoms with Crippen molar-refractivity contribution in [1.29, 1.82) is 0 Å². The molecule has 0 fully saturated rings. The molecule has 5 rings (SSSR count). The third-order valence-electron chi connectivity index (χ3n) is 4.86. The zero-order chi connectivity index (χ0) is 17.5. The molecular formula is C22H16FNS2. The molecule has 0 aliphatic carbocycles. The predicted octanol–water partition coefficient (Wildman–Crippen LogP) is 6.52. The maximum Gasteiger partial charge on any atom is 0.123 e. The zero-order valence-corrected chi connectivity index (χ0v) is 15.6. The molecule has 0 aromatic heterocycles. The van der Waals surface area contributed by atoms with E-state index in [0.29, 0.717) is 0 Å². The van der Waals surface area contributed by atoms with Gasteiger partial charge in [0.2, 0.25) is 0 Å². The monoisotopic (exact) mass is 377 g/mol. The van der Waals surface area contributed by atoms with Crippen molar-refractivity contribution in [2.45, 2.75) is 15.0 Å². The van der Waals surface area contributed by atoms with E-state index >= 15 is 0 Å². The molecule has 3 aromatic carbocycles. The lowest BCUT2D eigenvalue weighted by atomic mass is 9.90. The van der Waals surface area contributed by atoms with Crippen LogP contribution < -0.4 is 0 Å². The molecule has 0 bridgehead atoms. The van der Waals surface area contributed by atoms with E-state index in [2.05, 4.69) is 42.5 Å². The van der Waals surface area contributed by atoms with Gasteiger partial charge in [0.15, 0.2) is 0 Å².